The first-order valence-electron chi connectivity index (χ1n) is 11.6. The maximum Gasteiger partial charge on any atom is 0.238 e. The third-order valence-corrected chi connectivity index (χ3v) is 6.63. The van der Waals surface area contributed by atoms with Crippen molar-refractivity contribution in [2.45, 2.75) is 25.2 Å². The molecule has 4 heteroatoms. The van der Waals surface area contributed by atoms with Gasteiger partial charge in [0, 0.05) is 11.8 Å². The van der Waals surface area contributed by atoms with E-state index in [1.54, 1.807) is 6.07 Å². The Morgan fingerprint density at radius 3 is 1.70 bits per heavy atom. The molecule has 1 saturated heterocycles. The third-order valence-electron chi connectivity index (χ3n) is 6.63. The molecule has 1 aliphatic heterocycles. The topological polar surface area (TPSA) is 46.6 Å². The molecule has 2 amide bonds. The van der Waals surface area contributed by atoms with Crippen LogP contribution in [0.25, 0.3) is 0 Å². The number of hydrogen-bond donors (Lipinski definition) is 0. The van der Waals surface area contributed by atoms with Gasteiger partial charge < -0.3 is 4.74 Å². The molecule has 0 saturated carbocycles. The van der Waals surface area contributed by atoms with E-state index in [0.717, 1.165) is 17.5 Å². The molecule has 0 radical (unpaired) electrons. The minimum Gasteiger partial charge on any atom is -0.491 e. The molecule has 1 aliphatic carbocycles. The molecule has 1 heterocycles. The van der Waals surface area contributed by atoms with Crippen LogP contribution in [0.1, 0.15) is 36.3 Å². The van der Waals surface area contributed by atoms with Crippen LogP contribution in [0.15, 0.2) is 97.1 Å². The summed E-state index contributed by atoms with van der Waals surface area (Å²) in [6, 6.07) is 27.3. The summed E-state index contributed by atoms with van der Waals surface area (Å²) in [6.07, 6.45) is 5.07. The Balaban J connectivity index is 1.61. The summed E-state index contributed by atoms with van der Waals surface area (Å²) < 4.78 is 5.91. The minimum absolute atomic E-state index is 0.152. The van der Waals surface area contributed by atoms with Crippen molar-refractivity contribution in [3.63, 3.8) is 0 Å². The first kappa shape index (κ1) is 21.2. The number of anilines is 1. The van der Waals surface area contributed by atoms with Crippen LogP contribution in [0, 0.1) is 11.8 Å². The van der Waals surface area contributed by atoms with E-state index in [0.29, 0.717) is 18.0 Å². The first-order chi connectivity index (χ1) is 16.2. The molecular weight excluding hydrogens is 410 g/mol. The highest BCUT2D eigenvalue weighted by Gasteiger charge is 2.55. The zero-order valence-electron chi connectivity index (χ0n) is 18.6. The highest BCUT2D eigenvalue weighted by atomic mass is 16.5. The van der Waals surface area contributed by atoms with Crippen LogP contribution in [-0.4, -0.2) is 18.4 Å². The highest BCUT2D eigenvalue weighted by molar-refractivity contribution is 6.23. The summed E-state index contributed by atoms with van der Waals surface area (Å²) in [4.78, 5) is 29.3. The predicted molar refractivity (Wildman–Crippen MR) is 129 cm³/mol. The van der Waals surface area contributed by atoms with E-state index in [1.165, 1.54) is 4.90 Å². The largest absolute Gasteiger partial charge is 0.491 e. The Morgan fingerprint density at radius 2 is 1.18 bits per heavy atom. The Hall–Kier alpha value is -3.66. The molecule has 0 unspecified atom stereocenters. The predicted octanol–water partition coefficient (Wildman–Crippen LogP) is 5.72. The average molecular weight is 438 g/mol. The number of carbonyl (C=O) groups excluding carboxylic acids is 2. The van der Waals surface area contributed by atoms with Crippen LogP contribution in [-0.2, 0) is 9.59 Å². The van der Waals surface area contributed by atoms with E-state index in [-0.39, 0.29) is 23.7 Å². The number of nitrogens with zero attached hydrogens (tertiary/aromatic N) is 1. The fraction of sp³-hybridized carbons (Fsp3) is 0.241. The van der Waals surface area contributed by atoms with Crippen molar-refractivity contribution in [1.29, 1.82) is 0 Å². The van der Waals surface area contributed by atoms with Crippen LogP contribution in [0.4, 0.5) is 5.69 Å². The molecule has 3 aromatic carbocycles. The van der Waals surface area contributed by atoms with E-state index in [4.69, 9.17) is 4.74 Å². The van der Waals surface area contributed by atoms with Crippen molar-refractivity contribution in [3.8, 4) is 5.75 Å². The second-order valence-electron chi connectivity index (χ2n) is 8.64. The van der Waals surface area contributed by atoms with E-state index in [9.17, 15) is 9.59 Å². The molecule has 166 valence electrons. The summed E-state index contributed by atoms with van der Waals surface area (Å²) in [5.41, 5.74) is 2.64. The van der Waals surface area contributed by atoms with Gasteiger partial charge in [0.15, 0.2) is 0 Å². The van der Waals surface area contributed by atoms with Gasteiger partial charge in [-0.15, -0.1) is 0 Å². The summed E-state index contributed by atoms with van der Waals surface area (Å²) in [5.74, 6) is -0.972. The fourth-order valence-electron chi connectivity index (χ4n) is 5.15. The summed E-state index contributed by atoms with van der Waals surface area (Å²) in [7, 11) is 0. The lowest BCUT2D eigenvalue weighted by atomic mass is 9.68. The number of benzene rings is 3. The zero-order chi connectivity index (χ0) is 22.8. The third kappa shape index (κ3) is 3.76. The second-order valence-corrected chi connectivity index (χ2v) is 8.64. The van der Waals surface area contributed by atoms with Crippen molar-refractivity contribution in [3.05, 3.63) is 108 Å². The highest BCUT2D eigenvalue weighted by Crippen LogP contribution is 2.51. The quantitative estimate of drug-likeness (QED) is 0.366. The lowest BCUT2D eigenvalue weighted by molar-refractivity contribution is -0.122. The Kier molecular flexibility index (Phi) is 5.82. The molecule has 5 rings (SSSR count). The Labute approximate surface area is 194 Å². The second kappa shape index (κ2) is 9.07. The Morgan fingerprint density at radius 1 is 0.697 bits per heavy atom. The van der Waals surface area contributed by atoms with Crippen molar-refractivity contribution in [2.75, 3.05) is 11.5 Å². The molecule has 1 fully saturated rings. The van der Waals surface area contributed by atoms with Gasteiger partial charge in [-0.25, -0.2) is 4.90 Å². The monoisotopic (exact) mass is 437 g/mol. The van der Waals surface area contributed by atoms with Gasteiger partial charge in [-0.2, -0.15) is 0 Å². The first-order valence-corrected chi connectivity index (χ1v) is 11.6. The van der Waals surface area contributed by atoms with Gasteiger partial charge in [0.25, 0.3) is 0 Å². The van der Waals surface area contributed by atoms with Crippen molar-refractivity contribution in [1.82, 2.24) is 0 Å². The molecule has 0 N–H and O–H groups in total. The number of hydrogen-bond acceptors (Lipinski definition) is 3. The number of para-hydroxylation sites is 2. The van der Waals surface area contributed by atoms with Crippen LogP contribution in [0.5, 0.6) is 5.75 Å². The molecular formula is C29H27NO3. The lowest BCUT2D eigenvalue weighted by Gasteiger charge is -2.32. The van der Waals surface area contributed by atoms with Crippen molar-refractivity contribution in [2.24, 2.45) is 11.8 Å². The summed E-state index contributed by atoms with van der Waals surface area (Å²) in [6.45, 7) is 2.56. The molecule has 2 aliphatic rings. The number of amides is 2. The average Bonchev–Trinajstić information content (AvgIpc) is 3.14. The van der Waals surface area contributed by atoms with Gasteiger partial charge in [0.2, 0.25) is 11.8 Å². The van der Waals surface area contributed by atoms with Gasteiger partial charge in [-0.05, 0) is 29.7 Å². The summed E-state index contributed by atoms with van der Waals surface area (Å²) >= 11 is 0. The van der Waals surface area contributed by atoms with Crippen LogP contribution in [0.2, 0.25) is 0 Å². The van der Waals surface area contributed by atoms with Gasteiger partial charge in [0.1, 0.15) is 5.75 Å². The molecule has 0 spiro atoms. The molecule has 3 aromatic rings. The standard InChI is InChI=1S/C29H27NO3/c1-2-19-33-25-16-10-9-15-24(25)30-28(31)26-22(20-11-5-3-6-12-20)17-18-23(27(26)29(30)32)21-13-7-4-8-14-21/h3-18,22-23,26-27H,2,19H2,1H3/t22-,23-,26+,27+/m1/s1. The number of rotatable bonds is 6. The number of ether oxygens (including phenoxy) is 1. The maximum atomic E-state index is 14.0. The molecule has 0 aromatic heterocycles. The van der Waals surface area contributed by atoms with Crippen molar-refractivity contribution < 1.29 is 14.3 Å². The SMILES string of the molecule is CCCOc1ccccc1N1C(=O)[C@@H]2[C@@H](C1=O)[C@@H](c1ccccc1)C=C[C@@H]2c1ccccc1. The Bertz CT molecular complexity index is 1100. The lowest BCUT2D eigenvalue weighted by Crippen LogP contribution is -2.32. The smallest absolute Gasteiger partial charge is 0.238 e. The minimum atomic E-state index is -0.464. The van der Waals surface area contributed by atoms with Gasteiger partial charge in [0.05, 0.1) is 24.1 Å². The van der Waals surface area contributed by atoms with E-state index in [1.807, 2.05) is 85.8 Å². The number of allylic oxidation sites excluding steroid dienone is 2. The normalized spacial score (nSPS) is 24.1. The van der Waals surface area contributed by atoms with Gasteiger partial charge >= 0.3 is 0 Å². The number of imide groups is 1. The molecule has 4 atom stereocenters. The van der Waals surface area contributed by atoms with Gasteiger partial charge in [-0.3, -0.25) is 9.59 Å². The van der Waals surface area contributed by atoms with E-state index in [2.05, 4.69) is 12.2 Å². The molecule has 4 nitrogen and oxygen atoms in total. The maximum absolute atomic E-state index is 14.0. The van der Waals surface area contributed by atoms with E-state index < -0.39 is 11.8 Å². The van der Waals surface area contributed by atoms with E-state index >= 15 is 0 Å². The van der Waals surface area contributed by atoms with Gasteiger partial charge in [-0.1, -0.05) is 91.9 Å². The zero-order valence-corrected chi connectivity index (χ0v) is 18.6. The summed E-state index contributed by atoms with van der Waals surface area (Å²) in [5, 5.41) is 0. The van der Waals surface area contributed by atoms with Crippen LogP contribution >= 0.6 is 0 Å². The number of fused-ring (bicyclic) bond motifs is 1. The fourth-order valence-corrected chi connectivity index (χ4v) is 5.15. The molecule has 0 bridgehead atoms. The van der Waals surface area contributed by atoms with Crippen LogP contribution < -0.4 is 9.64 Å². The van der Waals surface area contributed by atoms with Crippen LogP contribution in [0.3, 0.4) is 0 Å². The van der Waals surface area contributed by atoms with Crippen molar-refractivity contribution >= 4 is 17.5 Å². The molecule has 33 heavy (non-hydrogen) atoms. The number of carbonyl (C=O) groups is 2.